The standard InChI is InChI=1S/C22H30ClN3O5/c1-21(2,3)31-20(29)22(9-5-4-6-17(22)24)19(28)25-14-7-8-16(15(23)12-14)26-10-11-30-13-18(26)27/h7-8,12,17H,4-6,9-11,13,24H2,1-3H3,(H,25,28). The predicted octanol–water partition coefficient (Wildman–Crippen LogP) is 2.87. The molecule has 2 unspecified atom stereocenters. The summed E-state index contributed by atoms with van der Waals surface area (Å²) in [5, 5.41) is 3.11. The summed E-state index contributed by atoms with van der Waals surface area (Å²) in [5.74, 6) is -1.28. The molecule has 1 saturated carbocycles. The van der Waals surface area contributed by atoms with Crippen LogP contribution in [0.15, 0.2) is 18.2 Å². The number of nitrogens with two attached hydrogens (primary N) is 1. The Morgan fingerprint density at radius 3 is 2.68 bits per heavy atom. The van der Waals surface area contributed by atoms with Gasteiger partial charge < -0.3 is 25.4 Å². The van der Waals surface area contributed by atoms with Crippen LogP contribution in [-0.2, 0) is 23.9 Å². The Morgan fingerprint density at radius 1 is 1.32 bits per heavy atom. The van der Waals surface area contributed by atoms with E-state index in [1.807, 2.05) is 0 Å². The maximum absolute atomic E-state index is 13.4. The molecule has 1 aliphatic heterocycles. The van der Waals surface area contributed by atoms with Gasteiger partial charge in [0.25, 0.3) is 5.91 Å². The second-order valence-corrected chi connectivity index (χ2v) is 9.45. The molecule has 170 valence electrons. The molecule has 3 rings (SSSR count). The van der Waals surface area contributed by atoms with Gasteiger partial charge in [-0.2, -0.15) is 0 Å². The summed E-state index contributed by atoms with van der Waals surface area (Å²) in [4.78, 5) is 40.1. The third-order valence-corrected chi connectivity index (χ3v) is 5.92. The Hall–Kier alpha value is -2.16. The van der Waals surface area contributed by atoms with Crippen molar-refractivity contribution in [1.29, 1.82) is 0 Å². The lowest BCUT2D eigenvalue weighted by atomic mass is 9.69. The van der Waals surface area contributed by atoms with E-state index in [1.54, 1.807) is 43.9 Å². The minimum absolute atomic E-state index is 0.00507. The molecular weight excluding hydrogens is 422 g/mol. The van der Waals surface area contributed by atoms with E-state index in [1.165, 1.54) is 0 Å². The maximum Gasteiger partial charge on any atom is 0.323 e. The van der Waals surface area contributed by atoms with Crippen molar-refractivity contribution in [3.05, 3.63) is 23.2 Å². The number of hydrogen-bond donors (Lipinski definition) is 2. The molecule has 0 radical (unpaired) electrons. The molecule has 2 fully saturated rings. The Morgan fingerprint density at radius 2 is 2.06 bits per heavy atom. The number of amides is 2. The number of morpholine rings is 1. The van der Waals surface area contributed by atoms with Gasteiger partial charge in [0.05, 0.1) is 17.3 Å². The molecule has 2 aliphatic rings. The lowest BCUT2D eigenvalue weighted by molar-refractivity contribution is -0.173. The Labute approximate surface area is 187 Å². The zero-order valence-electron chi connectivity index (χ0n) is 18.2. The molecule has 2 amide bonds. The van der Waals surface area contributed by atoms with Crippen LogP contribution in [-0.4, -0.2) is 49.2 Å². The largest absolute Gasteiger partial charge is 0.459 e. The van der Waals surface area contributed by atoms with Gasteiger partial charge in [0, 0.05) is 18.3 Å². The zero-order valence-corrected chi connectivity index (χ0v) is 19.0. The monoisotopic (exact) mass is 451 g/mol. The van der Waals surface area contributed by atoms with E-state index in [4.69, 9.17) is 26.8 Å². The smallest absolute Gasteiger partial charge is 0.323 e. The number of rotatable bonds is 4. The van der Waals surface area contributed by atoms with Crippen LogP contribution in [0.2, 0.25) is 5.02 Å². The van der Waals surface area contributed by atoms with Gasteiger partial charge in [-0.25, -0.2) is 0 Å². The van der Waals surface area contributed by atoms with E-state index < -0.39 is 28.9 Å². The van der Waals surface area contributed by atoms with E-state index in [0.29, 0.717) is 48.8 Å². The number of benzene rings is 1. The zero-order chi connectivity index (χ0) is 22.8. The fraction of sp³-hybridized carbons (Fsp3) is 0.591. The predicted molar refractivity (Wildman–Crippen MR) is 118 cm³/mol. The molecule has 9 heteroatoms. The molecule has 0 bridgehead atoms. The van der Waals surface area contributed by atoms with Crippen molar-refractivity contribution in [2.75, 3.05) is 30.0 Å². The minimum Gasteiger partial charge on any atom is -0.459 e. The lowest BCUT2D eigenvalue weighted by Crippen LogP contribution is -2.58. The molecule has 31 heavy (non-hydrogen) atoms. The van der Waals surface area contributed by atoms with Crippen molar-refractivity contribution in [3.63, 3.8) is 0 Å². The summed E-state index contributed by atoms with van der Waals surface area (Å²) >= 11 is 6.41. The molecule has 2 atom stereocenters. The molecule has 1 aliphatic carbocycles. The van der Waals surface area contributed by atoms with Crippen LogP contribution in [0.4, 0.5) is 11.4 Å². The molecule has 8 nitrogen and oxygen atoms in total. The summed E-state index contributed by atoms with van der Waals surface area (Å²) in [6.07, 6.45) is 2.45. The first kappa shape index (κ1) is 23.5. The number of nitrogens with zero attached hydrogens (tertiary/aromatic N) is 1. The second kappa shape index (κ2) is 9.14. The van der Waals surface area contributed by atoms with Gasteiger partial charge in [-0.05, 0) is 51.8 Å². The van der Waals surface area contributed by atoms with E-state index in [2.05, 4.69) is 5.32 Å². The molecule has 0 spiro atoms. The van der Waals surface area contributed by atoms with Crippen molar-refractivity contribution >= 4 is 40.8 Å². The average molecular weight is 452 g/mol. The highest BCUT2D eigenvalue weighted by Gasteiger charge is 2.54. The molecule has 1 aromatic carbocycles. The first-order valence-corrected chi connectivity index (χ1v) is 10.9. The van der Waals surface area contributed by atoms with Gasteiger partial charge in [0.2, 0.25) is 5.91 Å². The fourth-order valence-corrected chi connectivity index (χ4v) is 4.30. The number of nitrogens with one attached hydrogen (secondary N) is 1. The highest BCUT2D eigenvalue weighted by Crippen LogP contribution is 2.39. The molecule has 1 heterocycles. The van der Waals surface area contributed by atoms with Gasteiger partial charge in [0.15, 0.2) is 5.41 Å². The van der Waals surface area contributed by atoms with Crippen LogP contribution in [0.25, 0.3) is 0 Å². The molecule has 1 saturated heterocycles. The fourth-order valence-electron chi connectivity index (χ4n) is 4.02. The second-order valence-electron chi connectivity index (χ2n) is 9.04. The van der Waals surface area contributed by atoms with Crippen LogP contribution >= 0.6 is 11.6 Å². The lowest BCUT2D eigenvalue weighted by Gasteiger charge is -2.40. The number of carbonyl (C=O) groups is 3. The molecule has 1 aromatic rings. The number of halogens is 1. The van der Waals surface area contributed by atoms with E-state index >= 15 is 0 Å². The first-order chi connectivity index (χ1) is 14.5. The van der Waals surface area contributed by atoms with Gasteiger partial charge in [0.1, 0.15) is 12.2 Å². The van der Waals surface area contributed by atoms with Crippen LogP contribution in [0.5, 0.6) is 0 Å². The van der Waals surface area contributed by atoms with Crippen LogP contribution in [0, 0.1) is 5.41 Å². The van der Waals surface area contributed by atoms with Crippen molar-refractivity contribution in [2.24, 2.45) is 11.1 Å². The number of hydrogen-bond acceptors (Lipinski definition) is 6. The summed E-state index contributed by atoms with van der Waals surface area (Å²) in [6, 6.07) is 4.24. The normalized spacial score (nSPS) is 24.6. The van der Waals surface area contributed by atoms with Gasteiger partial charge >= 0.3 is 5.97 Å². The summed E-state index contributed by atoms with van der Waals surface area (Å²) in [5.41, 5.74) is 5.07. The van der Waals surface area contributed by atoms with Gasteiger partial charge in [-0.15, -0.1) is 0 Å². The van der Waals surface area contributed by atoms with Crippen LogP contribution in [0.1, 0.15) is 46.5 Å². The highest BCUT2D eigenvalue weighted by molar-refractivity contribution is 6.34. The van der Waals surface area contributed by atoms with Crippen LogP contribution in [0.3, 0.4) is 0 Å². The van der Waals surface area contributed by atoms with E-state index in [0.717, 1.165) is 6.42 Å². The average Bonchev–Trinajstić information content (AvgIpc) is 2.68. The number of esters is 1. The third-order valence-electron chi connectivity index (χ3n) is 5.62. The van der Waals surface area contributed by atoms with Crippen molar-refractivity contribution < 1.29 is 23.9 Å². The number of ether oxygens (including phenoxy) is 2. The van der Waals surface area contributed by atoms with E-state index in [9.17, 15) is 14.4 Å². The summed E-state index contributed by atoms with van der Waals surface area (Å²) < 4.78 is 10.7. The summed E-state index contributed by atoms with van der Waals surface area (Å²) in [6.45, 7) is 6.12. The first-order valence-electron chi connectivity index (χ1n) is 10.5. The number of carbonyl (C=O) groups excluding carboxylic acids is 3. The number of anilines is 2. The Bertz CT molecular complexity index is 869. The minimum atomic E-state index is -1.46. The topological polar surface area (TPSA) is 111 Å². The van der Waals surface area contributed by atoms with E-state index in [-0.39, 0.29) is 12.5 Å². The molecular formula is C22H30ClN3O5. The maximum atomic E-state index is 13.4. The van der Waals surface area contributed by atoms with Gasteiger partial charge in [-0.1, -0.05) is 24.4 Å². The molecule has 0 aromatic heterocycles. The SMILES string of the molecule is CC(C)(C)OC(=O)C1(C(=O)Nc2ccc(N3CCOCC3=O)c(Cl)c2)CCCCC1N. The van der Waals surface area contributed by atoms with Crippen molar-refractivity contribution in [2.45, 2.75) is 58.1 Å². The molecule has 3 N–H and O–H groups in total. The van der Waals surface area contributed by atoms with Crippen LogP contribution < -0.4 is 16.0 Å². The highest BCUT2D eigenvalue weighted by atomic mass is 35.5. The Balaban J connectivity index is 1.84. The Kier molecular flexibility index (Phi) is 6.93. The summed E-state index contributed by atoms with van der Waals surface area (Å²) in [7, 11) is 0. The third kappa shape index (κ3) is 5.02. The van der Waals surface area contributed by atoms with Gasteiger partial charge in [-0.3, -0.25) is 14.4 Å². The quantitative estimate of drug-likeness (QED) is 0.538. The van der Waals surface area contributed by atoms with Crippen molar-refractivity contribution in [3.8, 4) is 0 Å². The van der Waals surface area contributed by atoms with Crippen molar-refractivity contribution in [1.82, 2.24) is 0 Å².